The first-order chi connectivity index (χ1) is 25.0. The number of rotatable bonds is 5. The van der Waals surface area contributed by atoms with E-state index in [0.717, 1.165) is 68.7 Å². The Kier molecular flexibility index (Phi) is 11.5. The van der Waals surface area contributed by atoms with E-state index in [9.17, 15) is 13.2 Å². The molecule has 3 heterocycles. The molecule has 286 valence electrons. The molecule has 1 amide bonds. The van der Waals surface area contributed by atoms with Gasteiger partial charge < -0.3 is 28.7 Å². The number of fused-ring (bicyclic) bond motifs is 4. The summed E-state index contributed by atoms with van der Waals surface area (Å²) in [6, 6.07) is 11.9. The fourth-order valence-corrected chi connectivity index (χ4v) is 11.5. The second-order valence-electron chi connectivity index (χ2n) is 16.3. The largest absolute Gasteiger partial charge is 0.490 e. The molecule has 10 nitrogen and oxygen atoms in total. The zero-order valence-electron chi connectivity index (χ0n) is 31.2. The van der Waals surface area contributed by atoms with E-state index in [-0.39, 0.29) is 36.2 Å². The van der Waals surface area contributed by atoms with Crippen molar-refractivity contribution in [3.63, 3.8) is 0 Å². The Labute approximate surface area is 314 Å². The van der Waals surface area contributed by atoms with Gasteiger partial charge in [-0.3, -0.25) is 4.79 Å². The number of nitrogens with one attached hydrogen (secondary N) is 1. The third kappa shape index (κ3) is 7.73. The van der Waals surface area contributed by atoms with Gasteiger partial charge in [-0.05, 0) is 125 Å². The lowest BCUT2D eigenvalue weighted by Gasteiger charge is -2.49. The molecular formula is C40H56ClN3O7S. The number of carbonyl (C=O) groups excluding carboxylic acids is 1. The van der Waals surface area contributed by atoms with E-state index in [4.69, 9.17) is 30.5 Å². The number of carbonyl (C=O) groups is 1. The van der Waals surface area contributed by atoms with Crippen molar-refractivity contribution in [1.29, 1.82) is 0 Å². The van der Waals surface area contributed by atoms with Gasteiger partial charge in [-0.2, -0.15) is 0 Å². The summed E-state index contributed by atoms with van der Waals surface area (Å²) in [4.78, 5) is 18.4. The molecule has 2 aromatic carbocycles. The van der Waals surface area contributed by atoms with E-state index in [1.54, 1.807) is 13.2 Å². The highest BCUT2D eigenvalue weighted by atomic mass is 35.5. The number of halogens is 1. The van der Waals surface area contributed by atoms with Gasteiger partial charge in [-0.25, -0.2) is 13.1 Å². The number of methoxy groups -OCH3 is 1. The lowest BCUT2D eigenvalue weighted by molar-refractivity contribution is -0.240. The molecule has 52 heavy (non-hydrogen) atoms. The molecule has 1 saturated carbocycles. The zero-order chi connectivity index (χ0) is 36.6. The van der Waals surface area contributed by atoms with Crippen LogP contribution in [0.4, 0.5) is 5.69 Å². The first kappa shape index (κ1) is 37.9. The SMILES string of the molecule is COCC[C@@H]1[C@@H](C)CCC[C@@H]([C@H]2OC[C@H](N(C)C)CO2)[C@@H]2CC[C@H]2CN2C[C@@]3(CCCc4cc(Cl)ccc43)COc3ccc(cc32)C(=O)NS1(=O)=O. The van der Waals surface area contributed by atoms with Crippen LogP contribution in [0.15, 0.2) is 36.4 Å². The van der Waals surface area contributed by atoms with Crippen LogP contribution in [0.2, 0.25) is 5.02 Å². The molecular weight excluding hydrogens is 702 g/mol. The number of aryl methyl sites for hydroxylation is 1. The molecule has 1 saturated heterocycles. The average molecular weight is 758 g/mol. The fraction of sp³-hybridized carbons (Fsp3) is 0.675. The second-order valence-corrected chi connectivity index (χ2v) is 18.6. The molecule has 0 aromatic heterocycles. The van der Waals surface area contributed by atoms with Crippen molar-refractivity contribution in [2.24, 2.45) is 23.7 Å². The molecule has 5 aliphatic rings. The van der Waals surface area contributed by atoms with Gasteiger partial charge in [0.05, 0.1) is 36.8 Å². The molecule has 0 radical (unpaired) electrons. The summed E-state index contributed by atoms with van der Waals surface area (Å²) in [7, 11) is 1.68. The molecule has 12 heteroatoms. The van der Waals surface area contributed by atoms with Crippen molar-refractivity contribution in [3.05, 3.63) is 58.1 Å². The molecule has 7 rings (SSSR count). The van der Waals surface area contributed by atoms with E-state index < -0.39 is 21.2 Å². The quantitative estimate of drug-likeness (QED) is 0.391. The second kappa shape index (κ2) is 15.7. The van der Waals surface area contributed by atoms with Gasteiger partial charge in [0, 0.05) is 48.7 Å². The number of hydrogen-bond acceptors (Lipinski definition) is 9. The van der Waals surface area contributed by atoms with Crippen LogP contribution in [-0.2, 0) is 36.1 Å². The summed E-state index contributed by atoms with van der Waals surface area (Å²) in [6.45, 7) is 5.56. The van der Waals surface area contributed by atoms with Gasteiger partial charge in [0.25, 0.3) is 5.91 Å². The molecule has 1 N–H and O–H groups in total. The molecule has 2 fully saturated rings. The number of benzene rings is 2. The summed E-state index contributed by atoms with van der Waals surface area (Å²) >= 11 is 6.49. The Morgan fingerprint density at radius 1 is 1.04 bits per heavy atom. The Hall–Kier alpha value is -2.41. The molecule has 3 aliphatic heterocycles. The number of amides is 1. The maximum absolute atomic E-state index is 13.9. The summed E-state index contributed by atoms with van der Waals surface area (Å²) in [5, 5.41) is -0.0295. The first-order valence-corrected chi connectivity index (χ1v) is 21.2. The molecule has 2 aliphatic carbocycles. The third-order valence-electron chi connectivity index (χ3n) is 12.8. The van der Waals surface area contributed by atoms with E-state index in [1.165, 1.54) is 11.1 Å². The van der Waals surface area contributed by atoms with E-state index in [2.05, 4.69) is 40.7 Å². The van der Waals surface area contributed by atoms with Gasteiger partial charge >= 0.3 is 0 Å². The highest BCUT2D eigenvalue weighted by molar-refractivity contribution is 7.90. The number of anilines is 1. The van der Waals surface area contributed by atoms with Gasteiger partial charge in [-0.1, -0.05) is 31.0 Å². The first-order valence-electron chi connectivity index (χ1n) is 19.2. The van der Waals surface area contributed by atoms with E-state index >= 15 is 0 Å². The topological polar surface area (TPSA) is 107 Å². The normalized spacial score (nSPS) is 33.6. The number of sulfonamides is 1. The van der Waals surface area contributed by atoms with Crippen molar-refractivity contribution in [2.75, 3.05) is 65.6 Å². The van der Waals surface area contributed by atoms with Crippen LogP contribution in [0, 0.1) is 23.7 Å². The molecule has 6 atom stereocenters. The lowest BCUT2D eigenvalue weighted by atomic mass is 9.64. The maximum atomic E-state index is 13.9. The molecule has 1 spiro atoms. The minimum absolute atomic E-state index is 0.183. The predicted octanol–water partition coefficient (Wildman–Crippen LogP) is 6.04. The van der Waals surface area contributed by atoms with Crippen LogP contribution in [0.1, 0.15) is 79.8 Å². The highest BCUT2D eigenvalue weighted by Gasteiger charge is 2.47. The molecule has 0 unspecified atom stereocenters. The van der Waals surface area contributed by atoms with E-state index in [0.29, 0.717) is 55.8 Å². The predicted molar refractivity (Wildman–Crippen MR) is 203 cm³/mol. The van der Waals surface area contributed by atoms with Crippen LogP contribution >= 0.6 is 11.6 Å². The van der Waals surface area contributed by atoms with Crippen LogP contribution in [0.3, 0.4) is 0 Å². The van der Waals surface area contributed by atoms with Crippen LogP contribution in [-0.4, -0.2) is 97.5 Å². The number of likely N-dealkylation sites (N-methyl/N-ethyl adjacent to an activating group) is 1. The minimum atomic E-state index is -4.02. The van der Waals surface area contributed by atoms with Crippen molar-refractivity contribution in [2.45, 2.75) is 87.7 Å². The van der Waals surface area contributed by atoms with Crippen LogP contribution < -0.4 is 14.4 Å². The third-order valence-corrected chi connectivity index (χ3v) is 15.0. The standard InChI is InChI=1S/C40H56ClN3O7S/c1-26-7-5-9-33(39-49-22-31(23-50-39)43(2)3)32-13-10-29(32)21-44-24-40(17-6-8-27-19-30(41)12-14-34(27)40)25-51-36-15-11-28(20-35(36)44)38(45)42-52(46,47)37(26)16-18-48-4/h11-12,14-15,19-20,26,29,31-33,37,39H,5-10,13,16-18,21-25H2,1-4H3,(H,42,45)/t26-,29-,31-,32+,33+,37+,39-,40-/m0/s1. The lowest BCUT2D eigenvalue weighted by Crippen LogP contribution is -2.52. The summed E-state index contributed by atoms with van der Waals surface area (Å²) < 4.78 is 55.4. The van der Waals surface area contributed by atoms with Gasteiger partial charge in [-0.15, -0.1) is 0 Å². The maximum Gasteiger partial charge on any atom is 0.264 e. The summed E-state index contributed by atoms with van der Waals surface area (Å²) in [5.74, 6) is 0.896. The molecule has 2 bridgehead atoms. The number of nitrogens with zero attached hydrogens (tertiary/aromatic N) is 2. The average Bonchev–Trinajstić information content (AvgIpc) is 3.25. The van der Waals surface area contributed by atoms with Gasteiger partial charge in [0.2, 0.25) is 10.0 Å². The smallest absolute Gasteiger partial charge is 0.264 e. The Morgan fingerprint density at radius 2 is 1.85 bits per heavy atom. The van der Waals surface area contributed by atoms with Gasteiger partial charge in [0.15, 0.2) is 6.29 Å². The monoisotopic (exact) mass is 757 g/mol. The van der Waals surface area contributed by atoms with Crippen molar-refractivity contribution in [3.8, 4) is 5.75 Å². The molecule has 2 aromatic rings. The Morgan fingerprint density at radius 3 is 2.58 bits per heavy atom. The Bertz CT molecular complexity index is 1700. The zero-order valence-corrected chi connectivity index (χ0v) is 32.7. The van der Waals surface area contributed by atoms with E-state index in [1.807, 2.05) is 25.1 Å². The highest BCUT2D eigenvalue weighted by Crippen LogP contribution is 2.49. The van der Waals surface area contributed by atoms with Crippen LogP contribution in [0.25, 0.3) is 0 Å². The Balaban J connectivity index is 1.27. The van der Waals surface area contributed by atoms with Crippen molar-refractivity contribution >= 4 is 33.2 Å². The number of hydrogen-bond donors (Lipinski definition) is 1. The minimum Gasteiger partial charge on any atom is -0.490 e. The van der Waals surface area contributed by atoms with Crippen molar-refractivity contribution in [1.82, 2.24) is 9.62 Å². The summed E-state index contributed by atoms with van der Waals surface area (Å²) in [5.41, 5.74) is 3.43. The number of ether oxygens (including phenoxy) is 4. The van der Waals surface area contributed by atoms with Crippen molar-refractivity contribution < 1.29 is 32.2 Å². The van der Waals surface area contributed by atoms with Gasteiger partial charge in [0.1, 0.15) is 5.75 Å². The summed E-state index contributed by atoms with van der Waals surface area (Å²) in [6.07, 6.45) is 7.64. The van der Waals surface area contributed by atoms with Crippen LogP contribution in [0.5, 0.6) is 5.75 Å². The fourth-order valence-electron chi connectivity index (χ4n) is 9.63.